The van der Waals surface area contributed by atoms with Crippen molar-refractivity contribution in [1.82, 2.24) is 9.55 Å². The standard InChI is InChI=1S/C15H18N2O/c1-11-5-4-6-13(9-11)7-8-14-15(10-18)17(3)12(2)16-14/h4-6,9-10H,7-8H2,1-3H3. The van der Waals surface area contributed by atoms with Gasteiger partial charge in [0.15, 0.2) is 6.29 Å². The van der Waals surface area contributed by atoms with Crippen LogP contribution in [0.1, 0.15) is 33.1 Å². The van der Waals surface area contributed by atoms with Crippen LogP contribution in [0.4, 0.5) is 0 Å². The lowest BCUT2D eigenvalue weighted by Gasteiger charge is -2.02. The van der Waals surface area contributed by atoms with Crippen LogP contribution in [-0.4, -0.2) is 15.8 Å². The van der Waals surface area contributed by atoms with Crippen molar-refractivity contribution in [2.45, 2.75) is 26.7 Å². The van der Waals surface area contributed by atoms with Gasteiger partial charge in [-0.25, -0.2) is 4.98 Å². The van der Waals surface area contributed by atoms with Gasteiger partial charge in [0, 0.05) is 7.05 Å². The molecule has 1 aromatic carbocycles. The Bertz CT molecular complexity index is 570. The number of hydrogen-bond donors (Lipinski definition) is 0. The van der Waals surface area contributed by atoms with E-state index in [0.717, 1.165) is 30.6 Å². The first-order valence-corrected chi connectivity index (χ1v) is 6.14. The SMILES string of the molecule is Cc1cccc(CCc2nc(C)n(C)c2C=O)c1. The number of rotatable bonds is 4. The summed E-state index contributed by atoms with van der Waals surface area (Å²) < 4.78 is 1.85. The van der Waals surface area contributed by atoms with Crippen molar-refractivity contribution in [2.24, 2.45) is 7.05 Å². The van der Waals surface area contributed by atoms with Gasteiger partial charge in [-0.3, -0.25) is 4.79 Å². The molecular formula is C15H18N2O. The molecule has 0 atom stereocenters. The maximum absolute atomic E-state index is 11.1. The Kier molecular flexibility index (Phi) is 3.60. The molecule has 3 heteroatoms. The second-order valence-corrected chi connectivity index (χ2v) is 4.66. The van der Waals surface area contributed by atoms with Gasteiger partial charge in [0.05, 0.1) is 5.69 Å². The molecule has 1 aromatic heterocycles. The van der Waals surface area contributed by atoms with E-state index in [2.05, 4.69) is 36.2 Å². The van der Waals surface area contributed by atoms with Crippen molar-refractivity contribution < 1.29 is 4.79 Å². The molecule has 0 spiro atoms. The van der Waals surface area contributed by atoms with Gasteiger partial charge in [-0.1, -0.05) is 29.8 Å². The van der Waals surface area contributed by atoms with Crippen molar-refractivity contribution in [3.05, 3.63) is 52.6 Å². The highest BCUT2D eigenvalue weighted by Gasteiger charge is 2.11. The molecule has 2 aromatic rings. The lowest BCUT2D eigenvalue weighted by molar-refractivity contribution is 0.111. The lowest BCUT2D eigenvalue weighted by atomic mass is 10.1. The maximum Gasteiger partial charge on any atom is 0.168 e. The van der Waals surface area contributed by atoms with E-state index in [4.69, 9.17) is 0 Å². The molecule has 0 bridgehead atoms. The minimum atomic E-state index is 0.695. The number of carbonyl (C=O) groups excluding carboxylic acids is 1. The molecule has 0 N–H and O–H groups in total. The van der Waals surface area contributed by atoms with Crippen LogP contribution in [0, 0.1) is 13.8 Å². The van der Waals surface area contributed by atoms with Crippen LogP contribution >= 0.6 is 0 Å². The lowest BCUT2D eigenvalue weighted by Crippen LogP contribution is -2.00. The quantitative estimate of drug-likeness (QED) is 0.772. The molecule has 2 rings (SSSR count). The van der Waals surface area contributed by atoms with E-state index in [-0.39, 0.29) is 0 Å². The van der Waals surface area contributed by atoms with E-state index >= 15 is 0 Å². The van der Waals surface area contributed by atoms with E-state index in [0.29, 0.717) is 5.69 Å². The summed E-state index contributed by atoms with van der Waals surface area (Å²) >= 11 is 0. The minimum Gasteiger partial charge on any atom is -0.329 e. The van der Waals surface area contributed by atoms with Gasteiger partial charge >= 0.3 is 0 Å². The third-order valence-electron chi connectivity index (χ3n) is 3.28. The first kappa shape index (κ1) is 12.6. The van der Waals surface area contributed by atoms with Crippen molar-refractivity contribution >= 4 is 6.29 Å². The smallest absolute Gasteiger partial charge is 0.168 e. The highest BCUT2D eigenvalue weighted by Crippen LogP contribution is 2.12. The van der Waals surface area contributed by atoms with Crippen molar-refractivity contribution in [3.63, 3.8) is 0 Å². The normalized spacial score (nSPS) is 10.6. The zero-order valence-electron chi connectivity index (χ0n) is 11.1. The summed E-state index contributed by atoms with van der Waals surface area (Å²) in [6.45, 7) is 4.01. The van der Waals surface area contributed by atoms with Crippen LogP contribution in [0.15, 0.2) is 24.3 Å². The Balaban J connectivity index is 2.15. The molecule has 0 aliphatic rings. The number of hydrogen-bond acceptors (Lipinski definition) is 2. The summed E-state index contributed by atoms with van der Waals surface area (Å²) in [5, 5.41) is 0. The van der Waals surface area contributed by atoms with Gasteiger partial charge in [0.25, 0.3) is 0 Å². The van der Waals surface area contributed by atoms with E-state index in [1.807, 2.05) is 18.5 Å². The fraction of sp³-hybridized carbons (Fsp3) is 0.333. The molecule has 0 fully saturated rings. The third kappa shape index (κ3) is 2.50. The Morgan fingerprint density at radius 3 is 2.72 bits per heavy atom. The van der Waals surface area contributed by atoms with Gasteiger partial charge in [-0.15, -0.1) is 0 Å². The summed E-state index contributed by atoms with van der Waals surface area (Å²) in [5.41, 5.74) is 4.14. The Labute approximate surface area is 107 Å². The van der Waals surface area contributed by atoms with Crippen molar-refractivity contribution in [1.29, 1.82) is 0 Å². The summed E-state index contributed by atoms with van der Waals surface area (Å²) in [6.07, 6.45) is 2.61. The molecule has 0 radical (unpaired) electrons. The first-order valence-electron chi connectivity index (χ1n) is 6.14. The summed E-state index contributed by atoms with van der Waals surface area (Å²) in [7, 11) is 1.88. The summed E-state index contributed by atoms with van der Waals surface area (Å²) in [5.74, 6) is 0.886. The number of nitrogens with zero attached hydrogens (tertiary/aromatic N) is 2. The van der Waals surface area contributed by atoms with Crippen LogP contribution in [-0.2, 0) is 19.9 Å². The fourth-order valence-corrected chi connectivity index (χ4v) is 2.16. The molecule has 0 saturated carbocycles. The van der Waals surface area contributed by atoms with Crippen LogP contribution in [0.5, 0.6) is 0 Å². The monoisotopic (exact) mass is 242 g/mol. The molecule has 18 heavy (non-hydrogen) atoms. The topological polar surface area (TPSA) is 34.9 Å². The van der Waals surface area contributed by atoms with Crippen LogP contribution < -0.4 is 0 Å². The fourth-order valence-electron chi connectivity index (χ4n) is 2.16. The number of imidazole rings is 1. The highest BCUT2D eigenvalue weighted by atomic mass is 16.1. The number of aryl methyl sites for hydroxylation is 4. The minimum absolute atomic E-state index is 0.695. The second kappa shape index (κ2) is 5.17. The van der Waals surface area contributed by atoms with Gasteiger partial charge < -0.3 is 4.57 Å². The largest absolute Gasteiger partial charge is 0.329 e. The zero-order valence-corrected chi connectivity index (χ0v) is 11.1. The van der Waals surface area contributed by atoms with Gasteiger partial charge in [0.1, 0.15) is 11.5 Å². The molecule has 0 aliphatic heterocycles. The van der Waals surface area contributed by atoms with Crippen molar-refractivity contribution in [2.75, 3.05) is 0 Å². The number of benzene rings is 1. The molecule has 0 aliphatic carbocycles. The third-order valence-corrected chi connectivity index (χ3v) is 3.28. The average Bonchev–Trinajstić information content (AvgIpc) is 2.62. The number of aldehydes is 1. The van der Waals surface area contributed by atoms with Crippen LogP contribution in [0.3, 0.4) is 0 Å². The van der Waals surface area contributed by atoms with Crippen LogP contribution in [0.25, 0.3) is 0 Å². The van der Waals surface area contributed by atoms with E-state index in [1.165, 1.54) is 11.1 Å². The van der Waals surface area contributed by atoms with E-state index in [9.17, 15) is 4.79 Å². The zero-order chi connectivity index (χ0) is 13.1. The number of carbonyl (C=O) groups is 1. The predicted molar refractivity (Wildman–Crippen MR) is 71.9 cm³/mol. The maximum atomic E-state index is 11.1. The van der Waals surface area contributed by atoms with E-state index < -0.39 is 0 Å². The molecule has 0 saturated heterocycles. The molecule has 1 heterocycles. The molecular weight excluding hydrogens is 224 g/mol. The Morgan fingerprint density at radius 1 is 1.28 bits per heavy atom. The summed E-state index contributed by atoms with van der Waals surface area (Å²) in [4.78, 5) is 15.5. The van der Waals surface area contributed by atoms with Gasteiger partial charge in [-0.2, -0.15) is 0 Å². The summed E-state index contributed by atoms with van der Waals surface area (Å²) in [6, 6.07) is 8.44. The predicted octanol–water partition coefficient (Wildman–Crippen LogP) is 2.63. The van der Waals surface area contributed by atoms with Gasteiger partial charge in [-0.05, 0) is 32.3 Å². The van der Waals surface area contributed by atoms with E-state index in [1.54, 1.807) is 0 Å². The highest BCUT2D eigenvalue weighted by molar-refractivity contribution is 5.74. The molecule has 0 unspecified atom stereocenters. The average molecular weight is 242 g/mol. The Morgan fingerprint density at radius 2 is 2.06 bits per heavy atom. The molecule has 0 amide bonds. The van der Waals surface area contributed by atoms with Crippen LogP contribution in [0.2, 0.25) is 0 Å². The number of aromatic nitrogens is 2. The molecule has 3 nitrogen and oxygen atoms in total. The second-order valence-electron chi connectivity index (χ2n) is 4.66. The Hall–Kier alpha value is -1.90. The van der Waals surface area contributed by atoms with Gasteiger partial charge in [0.2, 0.25) is 0 Å². The van der Waals surface area contributed by atoms with Crippen molar-refractivity contribution in [3.8, 4) is 0 Å². The first-order chi connectivity index (χ1) is 8.61. The molecule has 94 valence electrons.